The van der Waals surface area contributed by atoms with Crippen LogP contribution in [0.3, 0.4) is 0 Å². The van der Waals surface area contributed by atoms with Gasteiger partial charge in [0.2, 0.25) is 0 Å². The van der Waals surface area contributed by atoms with Crippen molar-refractivity contribution in [3.05, 3.63) is 5.82 Å². The van der Waals surface area contributed by atoms with E-state index in [1.165, 1.54) is 14.2 Å². The molecule has 0 radical (unpaired) electrons. The van der Waals surface area contributed by atoms with E-state index in [4.69, 9.17) is 9.47 Å². The molecule has 2 unspecified atom stereocenters. The molecule has 5 nitrogen and oxygen atoms in total. The predicted molar refractivity (Wildman–Crippen MR) is 64.4 cm³/mol. The summed E-state index contributed by atoms with van der Waals surface area (Å²) in [5.41, 5.74) is 0. The molecule has 6 heteroatoms. The molecule has 0 aliphatic rings. The predicted octanol–water partition coefficient (Wildman–Crippen LogP) is 2.17. The van der Waals surface area contributed by atoms with Crippen molar-refractivity contribution in [1.29, 1.82) is 0 Å². The quantitative estimate of drug-likeness (QED) is 0.778. The van der Waals surface area contributed by atoms with Crippen molar-refractivity contribution in [2.24, 2.45) is 0 Å². The van der Waals surface area contributed by atoms with E-state index in [1.54, 1.807) is 0 Å². The number of rotatable bonds is 5. The summed E-state index contributed by atoms with van der Waals surface area (Å²) < 4.78 is 10.0. The number of methoxy groups -OCH3 is 2. The van der Waals surface area contributed by atoms with Crippen LogP contribution in [0, 0.1) is 0 Å². The molecule has 0 bridgehead atoms. The monoisotopic (exact) mass is 289 g/mol. The number of aromatic nitrogens is 3. The highest BCUT2D eigenvalue weighted by Gasteiger charge is 2.20. The van der Waals surface area contributed by atoms with E-state index in [1.807, 2.05) is 0 Å². The summed E-state index contributed by atoms with van der Waals surface area (Å²) in [6, 6.07) is 0.571. The van der Waals surface area contributed by atoms with Gasteiger partial charge >= 0.3 is 12.0 Å². The minimum absolute atomic E-state index is 0.214. The highest BCUT2D eigenvalue weighted by molar-refractivity contribution is 9.09. The van der Waals surface area contributed by atoms with Crippen LogP contribution in [0.5, 0.6) is 12.0 Å². The van der Waals surface area contributed by atoms with E-state index >= 15 is 0 Å². The molecule has 1 aromatic heterocycles. The van der Waals surface area contributed by atoms with Crippen LogP contribution in [0.4, 0.5) is 0 Å². The molecule has 90 valence electrons. The fourth-order valence-corrected chi connectivity index (χ4v) is 2.02. The lowest BCUT2D eigenvalue weighted by Gasteiger charge is -2.16. The number of alkyl halides is 1. The Morgan fingerprint density at radius 1 is 1.12 bits per heavy atom. The molecular weight excluding hydrogens is 274 g/mol. The maximum absolute atomic E-state index is 5.01. The van der Waals surface area contributed by atoms with E-state index in [0.29, 0.717) is 5.82 Å². The average Bonchev–Trinajstić information content (AvgIpc) is 2.29. The van der Waals surface area contributed by atoms with E-state index in [0.717, 1.165) is 6.42 Å². The zero-order valence-corrected chi connectivity index (χ0v) is 11.5. The van der Waals surface area contributed by atoms with Crippen LogP contribution in [-0.2, 0) is 0 Å². The molecule has 16 heavy (non-hydrogen) atoms. The van der Waals surface area contributed by atoms with Crippen LogP contribution in [0.2, 0.25) is 0 Å². The van der Waals surface area contributed by atoms with Crippen LogP contribution < -0.4 is 9.47 Å². The molecule has 0 saturated carbocycles. The Hall–Kier alpha value is -0.910. The number of hydrogen-bond acceptors (Lipinski definition) is 5. The second-order valence-corrected chi connectivity index (χ2v) is 4.80. The molecule has 0 aliphatic carbocycles. The van der Waals surface area contributed by atoms with Crippen LogP contribution in [0.15, 0.2) is 0 Å². The number of halogens is 1. The van der Waals surface area contributed by atoms with Gasteiger partial charge in [0.25, 0.3) is 0 Å². The van der Waals surface area contributed by atoms with Crippen molar-refractivity contribution in [3.8, 4) is 12.0 Å². The number of nitrogens with zero attached hydrogens (tertiary/aromatic N) is 3. The van der Waals surface area contributed by atoms with E-state index < -0.39 is 0 Å². The molecule has 0 amide bonds. The van der Waals surface area contributed by atoms with Crippen molar-refractivity contribution in [3.63, 3.8) is 0 Å². The maximum Gasteiger partial charge on any atom is 0.322 e. The van der Waals surface area contributed by atoms with Gasteiger partial charge in [0.05, 0.1) is 14.2 Å². The SMILES string of the molecule is CCC(c1nc(OC)nc(OC)n1)C(C)Br. The zero-order chi connectivity index (χ0) is 12.1. The molecule has 0 spiro atoms. The topological polar surface area (TPSA) is 57.1 Å². The molecule has 0 aromatic carbocycles. The molecule has 1 heterocycles. The van der Waals surface area contributed by atoms with E-state index in [-0.39, 0.29) is 22.8 Å². The summed E-state index contributed by atoms with van der Waals surface area (Å²) in [4.78, 5) is 12.7. The van der Waals surface area contributed by atoms with Gasteiger partial charge < -0.3 is 9.47 Å². The molecule has 1 aromatic rings. The first-order valence-electron chi connectivity index (χ1n) is 5.10. The van der Waals surface area contributed by atoms with Gasteiger partial charge in [0.1, 0.15) is 5.82 Å². The first-order valence-corrected chi connectivity index (χ1v) is 6.01. The molecule has 0 saturated heterocycles. The van der Waals surface area contributed by atoms with Crippen molar-refractivity contribution >= 4 is 15.9 Å². The van der Waals surface area contributed by atoms with Crippen LogP contribution in [0.1, 0.15) is 32.0 Å². The third kappa shape index (κ3) is 3.04. The van der Waals surface area contributed by atoms with Gasteiger partial charge in [-0.1, -0.05) is 29.8 Å². The lowest BCUT2D eigenvalue weighted by molar-refractivity contribution is 0.333. The second kappa shape index (κ2) is 5.98. The van der Waals surface area contributed by atoms with Crippen molar-refractivity contribution in [1.82, 2.24) is 15.0 Å². The zero-order valence-electron chi connectivity index (χ0n) is 9.90. The molecule has 0 N–H and O–H groups in total. The molecule has 1 rings (SSSR count). The molecule has 2 atom stereocenters. The van der Waals surface area contributed by atoms with Gasteiger partial charge in [0, 0.05) is 10.7 Å². The average molecular weight is 290 g/mol. The van der Waals surface area contributed by atoms with Gasteiger partial charge in [-0.2, -0.15) is 9.97 Å². The Morgan fingerprint density at radius 3 is 1.94 bits per heavy atom. The third-order valence-electron chi connectivity index (χ3n) is 2.30. The Bertz CT molecular complexity index is 325. The lowest BCUT2D eigenvalue weighted by Crippen LogP contribution is -2.14. The van der Waals surface area contributed by atoms with E-state index in [2.05, 4.69) is 44.7 Å². The molecular formula is C10H16BrN3O2. The summed E-state index contributed by atoms with van der Waals surface area (Å²) in [5.74, 6) is 0.904. The summed E-state index contributed by atoms with van der Waals surface area (Å²) in [6.07, 6.45) is 0.933. The minimum atomic E-state index is 0.214. The van der Waals surface area contributed by atoms with E-state index in [9.17, 15) is 0 Å². The van der Waals surface area contributed by atoms with Gasteiger partial charge in [-0.05, 0) is 6.42 Å². The normalized spacial score (nSPS) is 14.3. The summed E-state index contributed by atoms with van der Waals surface area (Å²) >= 11 is 3.55. The summed E-state index contributed by atoms with van der Waals surface area (Å²) in [7, 11) is 3.05. The Labute approximate surface area is 104 Å². The fourth-order valence-electron chi connectivity index (χ4n) is 1.41. The lowest BCUT2D eigenvalue weighted by atomic mass is 10.0. The minimum Gasteiger partial charge on any atom is -0.467 e. The van der Waals surface area contributed by atoms with Gasteiger partial charge in [-0.25, -0.2) is 0 Å². The van der Waals surface area contributed by atoms with Gasteiger partial charge in [-0.3, -0.25) is 0 Å². The Kier molecular flexibility index (Phi) is 4.92. The maximum atomic E-state index is 5.01. The molecule has 0 fully saturated rings. The van der Waals surface area contributed by atoms with Crippen LogP contribution >= 0.6 is 15.9 Å². The Morgan fingerprint density at radius 2 is 1.62 bits per heavy atom. The fraction of sp³-hybridized carbons (Fsp3) is 0.700. The standard InChI is InChI=1S/C10H16BrN3O2/c1-5-7(6(2)11)8-12-9(15-3)14-10(13-8)16-4/h6-7H,5H2,1-4H3. The largest absolute Gasteiger partial charge is 0.467 e. The third-order valence-corrected chi connectivity index (χ3v) is 2.94. The highest BCUT2D eigenvalue weighted by atomic mass is 79.9. The van der Waals surface area contributed by atoms with Gasteiger partial charge in [-0.15, -0.1) is 4.98 Å². The highest BCUT2D eigenvalue weighted by Crippen LogP contribution is 2.27. The Balaban J connectivity index is 3.10. The van der Waals surface area contributed by atoms with Gasteiger partial charge in [0.15, 0.2) is 0 Å². The van der Waals surface area contributed by atoms with Crippen LogP contribution in [-0.4, -0.2) is 34.0 Å². The van der Waals surface area contributed by atoms with Crippen molar-refractivity contribution in [2.45, 2.75) is 31.0 Å². The summed E-state index contributed by atoms with van der Waals surface area (Å²) in [5, 5.41) is 0. The second-order valence-electron chi connectivity index (χ2n) is 3.36. The van der Waals surface area contributed by atoms with Crippen molar-refractivity contribution < 1.29 is 9.47 Å². The van der Waals surface area contributed by atoms with Crippen LogP contribution in [0.25, 0.3) is 0 Å². The first-order chi connectivity index (χ1) is 7.62. The molecule has 0 aliphatic heterocycles. The smallest absolute Gasteiger partial charge is 0.322 e. The number of ether oxygens (including phenoxy) is 2. The number of hydrogen-bond donors (Lipinski definition) is 0. The van der Waals surface area contributed by atoms with Crippen molar-refractivity contribution in [2.75, 3.05) is 14.2 Å². The first kappa shape index (κ1) is 13.2. The summed E-state index contributed by atoms with van der Waals surface area (Å²) in [6.45, 7) is 4.15.